The van der Waals surface area contributed by atoms with Gasteiger partial charge in [-0.15, -0.1) is 0 Å². The fourth-order valence-corrected chi connectivity index (χ4v) is 1.22. The second kappa shape index (κ2) is 6.15. The first-order chi connectivity index (χ1) is 6.70. The number of carbonyl (C=O) groups is 1. The zero-order valence-electron chi connectivity index (χ0n) is 8.77. The second-order valence-corrected chi connectivity index (χ2v) is 3.29. The Bertz CT molecular complexity index is 384. The van der Waals surface area contributed by atoms with Crippen LogP contribution in [0.2, 0.25) is 0 Å². The van der Waals surface area contributed by atoms with Crippen LogP contribution in [0.5, 0.6) is 0 Å². The monoisotopic (exact) mass is 224 g/mol. The van der Waals surface area contributed by atoms with Gasteiger partial charge in [-0.05, 0) is 12.5 Å². The molecule has 1 aromatic rings. The molecular weight excluding hydrogens is 212 g/mol. The van der Waals surface area contributed by atoms with Gasteiger partial charge in [-0.2, -0.15) is 0 Å². The molecule has 0 N–H and O–H groups in total. The molecule has 4 heteroatoms. The molecule has 0 radical (unpaired) electrons. The van der Waals surface area contributed by atoms with Gasteiger partial charge >= 0.3 is 5.69 Å². The maximum Gasteiger partial charge on any atom is 0.395 e. The van der Waals surface area contributed by atoms with E-state index >= 15 is 0 Å². The van der Waals surface area contributed by atoms with E-state index in [4.69, 9.17) is 5.39 Å². The predicted octanol–water partition coefficient (Wildman–Crippen LogP) is 0.404. The molecule has 0 spiro atoms. The molecule has 0 aliphatic heterocycles. The molecule has 15 heavy (non-hydrogen) atoms. The molecular formula is C11H13ClN2O. The lowest BCUT2D eigenvalue weighted by Crippen LogP contribution is -3.00. The number of carbonyl (C=O) groups excluding carboxylic acids is 1. The van der Waals surface area contributed by atoms with Gasteiger partial charge in [0.1, 0.15) is 5.56 Å². The Morgan fingerprint density at radius 1 is 1.47 bits per heavy atom. The molecule has 1 atom stereocenters. The third-order valence-corrected chi connectivity index (χ3v) is 2.34. The standard InChI is InChI=1S/C11H13N2O.ClH/c1-3-8(2)11(14)9-6-4-5-7-10(9)13-12;/h4-8H,3H2,1-2H3;1H/q+1;/p-1. The highest BCUT2D eigenvalue weighted by atomic mass is 35.5. The van der Waals surface area contributed by atoms with Crippen LogP contribution < -0.4 is 12.4 Å². The van der Waals surface area contributed by atoms with E-state index in [0.717, 1.165) is 6.42 Å². The number of hydrogen-bond donors (Lipinski definition) is 0. The third-order valence-electron chi connectivity index (χ3n) is 2.34. The van der Waals surface area contributed by atoms with Gasteiger partial charge in [-0.1, -0.05) is 26.0 Å². The van der Waals surface area contributed by atoms with Gasteiger partial charge in [-0.25, -0.2) is 0 Å². The third kappa shape index (κ3) is 3.03. The highest BCUT2D eigenvalue weighted by molar-refractivity contribution is 6.02. The lowest BCUT2D eigenvalue weighted by Gasteiger charge is -2.04. The van der Waals surface area contributed by atoms with Crippen molar-refractivity contribution < 1.29 is 17.2 Å². The van der Waals surface area contributed by atoms with Crippen LogP contribution in [0, 0.1) is 11.3 Å². The number of rotatable bonds is 3. The predicted molar refractivity (Wildman–Crippen MR) is 55.0 cm³/mol. The number of benzene rings is 1. The van der Waals surface area contributed by atoms with Crippen LogP contribution in [-0.2, 0) is 0 Å². The van der Waals surface area contributed by atoms with E-state index < -0.39 is 0 Å². The summed E-state index contributed by atoms with van der Waals surface area (Å²) in [6, 6.07) is 6.81. The minimum absolute atomic E-state index is 0. The van der Waals surface area contributed by atoms with Crippen molar-refractivity contribution in [3.8, 4) is 0 Å². The molecule has 0 heterocycles. The summed E-state index contributed by atoms with van der Waals surface area (Å²) in [6.07, 6.45) is 0.790. The summed E-state index contributed by atoms with van der Waals surface area (Å²) in [6.45, 7) is 3.83. The largest absolute Gasteiger partial charge is 1.00 e. The van der Waals surface area contributed by atoms with Crippen LogP contribution in [0.25, 0.3) is 4.98 Å². The SMILES string of the molecule is CCC(C)C(=O)c1ccccc1[N+]#N.[Cl-]. The molecule has 0 aliphatic rings. The fourth-order valence-electron chi connectivity index (χ4n) is 1.22. The van der Waals surface area contributed by atoms with E-state index in [1.54, 1.807) is 24.3 Å². The topological polar surface area (TPSA) is 45.2 Å². The van der Waals surface area contributed by atoms with Gasteiger partial charge in [0.05, 0.1) is 0 Å². The van der Waals surface area contributed by atoms with Crippen molar-refractivity contribution in [3.63, 3.8) is 0 Å². The molecule has 0 saturated heterocycles. The van der Waals surface area contributed by atoms with E-state index in [-0.39, 0.29) is 24.1 Å². The molecule has 0 amide bonds. The molecule has 1 aromatic carbocycles. The van der Waals surface area contributed by atoms with Gasteiger partial charge in [0, 0.05) is 12.0 Å². The first kappa shape index (κ1) is 13.6. The highest BCUT2D eigenvalue weighted by Gasteiger charge is 2.22. The fraction of sp³-hybridized carbons (Fsp3) is 0.364. The van der Waals surface area contributed by atoms with Crippen LogP contribution in [0.15, 0.2) is 24.3 Å². The van der Waals surface area contributed by atoms with E-state index in [1.165, 1.54) is 0 Å². The molecule has 0 aliphatic carbocycles. The highest BCUT2D eigenvalue weighted by Crippen LogP contribution is 2.22. The van der Waals surface area contributed by atoms with Gasteiger partial charge in [-0.3, -0.25) is 4.79 Å². The summed E-state index contributed by atoms with van der Waals surface area (Å²) < 4.78 is 0. The van der Waals surface area contributed by atoms with Crippen LogP contribution in [0.1, 0.15) is 30.6 Å². The number of hydrogen-bond acceptors (Lipinski definition) is 2. The number of nitrogens with zero attached hydrogens (tertiary/aromatic N) is 2. The summed E-state index contributed by atoms with van der Waals surface area (Å²) in [5.41, 5.74) is 0.835. The zero-order chi connectivity index (χ0) is 10.6. The van der Waals surface area contributed by atoms with Crippen molar-refractivity contribution in [2.45, 2.75) is 20.3 Å². The molecule has 1 unspecified atom stereocenters. The van der Waals surface area contributed by atoms with Crippen molar-refractivity contribution in [2.24, 2.45) is 5.92 Å². The van der Waals surface area contributed by atoms with Gasteiger partial charge in [0.25, 0.3) is 0 Å². The Hall–Kier alpha value is -1.40. The summed E-state index contributed by atoms with van der Waals surface area (Å²) in [5.74, 6) is -0.00111. The summed E-state index contributed by atoms with van der Waals surface area (Å²) in [5, 5.41) is 8.69. The average Bonchev–Trinajstić information content (AvgIpc) is 2.26. The summed E-state index contributed by atoms with van der Waals surface area (Å²) in [7, 11) is 0. The van der Waals surface area contributed by atoms with Crippen LogP contribution >= 0.6 is 0 Å². The molecule has 80 valence electrons. The minimum Gasteiger partial charge on any atom is -1.00 e. The number of halogens is 1. The zero-order valence-corrected chi connectivity index (χ0v) is 9.53. The Labute approximate surface area is 95.5 Å². The minimum atomic E-state index is -0.0297. The van der Waals surface area contributed by atoms with E-state index in [2.05, 4.69) is 4.98 Å². The molecule has 0 fully saturated rings. The molecule has 3 nitrogen and oxygen atoms in total. The summed E-state index contributed by atoms with van der Waals surface area (Å²) >= 11 is 0. The maximum absolute atomic E-state index is 11.8. The average molecular weight is 225 g/mol. The number of Topliss-reactive ketones (excluding diaryl/α,β-unsaturated/α-hetero) is 1. The van der Waals surface area contributed by atoms with Crippen LogP contribution in [-0.4, -0.2) is 5.78 Å². The Kier molecular flexibility index (Phi) is 5.58. The van der Waals surface area contributed by atoms with Crippen molar-refractivity contribution in [1.29, 1.82) is 5.39 Å². The lowest BCUT2D eigenvalue weighted by atomic mass is 9.96. The first-order valence-electron chi connectivity index (χ1n) is 4.69. The quantitative estimate of drug-likeness (QED) is 0.551. The molecule has 1 rings (SSSR count). The maximum atomic E-state index is 11.8. The second-order valence-electron chi connectivity index (χ2n) is 3.29. The molecule has 0 aromatic heterocycles. The smallest absolute Gasteiger partial charge is 0.395 e. The van der Waals surface area contributed by atoms with Crippen molar-refractivity contribution in [2.75, 3.05) is 0 Å². The van der Waals surface area contributed by atoms with Gasteiger partial charge < -0.3 is 12.4 Å². The normalized spacial score (nSPS) is 11.0. The Morgan fingerprint density at radius 2 is 2.07 bits per heavy atom. The molecule has 0 saturated carbocycles. The van der Waals surface area contributed by atoms with Crippen LogP contribution in [0.3, 0.4) is 0 Å². The van der Waals surface area contributed by atoms with Crippen LogP contribution in [0.4, 0.5) is 5.69 Å². The Morgan fingerprint density at radius 3 is 2.60 bits per heavy atom. The summed E-state index contributed by atoms with van der Waals surface area (Å²) in [4.78, 5) is 14.9. The number of ketones is 1. The van der Waals surface area contributed by atoms with Gasteiger partial charge in [0.2, 0.25) is 5.39 Å². The van der Waals surface area contributed by atoms with Crippen molar-refractivity contribution in [1.82, 2.24) is 0 Å². The number of diazo groups is 1. The first-order valence-corrected chi connectivity index (χ1v) is 4.69. The van der Waals surface area contributed by atoms with E-state index in [1.807, 2.05) is 13.8 Å². The van der Waals surface area contributed by atoms with Gasteiger partial charge in [0.15, 0.2) is 10.8 Å². The van der Waals surface area contributed by atoms with Crippen molar-refractivity contribution in [3.05, 3.63) is 34.8 Å². The molecule has 0 bridgehead atoms. The van der Waals surface area contributed by atoms with Crippen molar-refractivity contribution >= 4 is 11.5 Å². The van der Waals surface area contributed by atoms with E-state index in [9.17, 15) is 4.79 Å². The Balaban J connectivity index is 0.00000196. The van der Waals surface area contributed by atoms with E-state index in [0.29, 0.717) is 11.3 Å². The lowest BCUT2D eigenvalue weighted by molar-refractivity contribution is -0.0000111.